The lowest BCUT2D eigenvalue weighted by molar-refractivity contribution is -0.137. The Hall–Kier alpha value is -2.89. The number of fused-ring (bicyclic) bond motifs is 1. The smallest absolute Gasteiger partial charge is 0.325 e. The van der Waals surface area contributed by atoms with Gasteiger partial charge in [-0.3, -0.25) is 14.5 Å². The van der Waals surface area contributed by atoms with Crippen LogP contribution in [0.15, 0.2) is 42.5 Å². The number of carbonyl (C=O) groups excluding carboxylic acids is 3. The molecule has 0 aromatic heterocycles. The highest BCUT2D eigenvalue weighted by molar-refractivity contribution is 6.09. The molecule has 0 bridgehead atoms. The molecule has 29 heavy (non-hydrogen) atoms. The standard InChI is InChI=1S/C23H27N3O3/c1-15-8-5-6-13-23(15)21(28)26(22(29)25-23)14-20(27)24-16(2)18-12-7-10-17-9-3-4-11-19(17)18/h3-4,7,9-12,15-16H,5-6,8,13-14H2,1-2H3,(H,24,27)(H,25,29)/t15-,16-,23-/m0/s1. The second kappa shape index (κ2) is 7.50. The quantitative estimate of drug-likeness (QED) is 0.780. The van der Waals surface area contributed by atoms with Crippen molar-refractivity contribution >= 4 is 28.6 Å². The first-order chi connectivity index (χ1) is 13.9. The topological polar surface area (TPSA) is 78.5 Å². The van der Waals surface area contributed by atoms with Crippen molar-refractivity contribution in [2.75, 3.05) is 6.54 Å². The van der Waals surface area contributed by atoms with E-state index in [1.54, 1.807) is 0 Å². The van der Waals surface area contributed by atoms with Gasteiger partial charge in [-0.1, -0.05) is 62.2 Å². The zero-order valence-electron chi connectivity index (χ0n) is 16.9. The Kier molecular flexibility index (Phi) is 5.03. The van der Waals surface area contributed by atoms with Crippen molar-refractivity contribution in [1.29, 1.82) is 0 Å². The summed E-state index contributed by atoms with van der Waals surface area (Å²) in [5.74, 6) is -0.521. The zero-order valence-corrected chi connectivity index (χ0v) is 16.9. The van der Waals surface area contributed by atoms with Crippen LogP contribution in [0.5, 0.6) is 0 Å². The predicted molar refractivity (Wildman–Crippen MR) is 111 cm³/mol. The first-order valence-corrected chi connectivity index (χ1v) is 10.3. The zero-order chi connectivity index (χ0) is 20.6. The Bertz CT molecular complexity index is 967. The summed E-state index contributed by atoms with van der Waals surface area (Å²) in [5, 5.41) is 8.02. The fourth-order valence-electron chi connectivity index (χ4n) is 4.78. The van der Waals surface area contributed by atoms with Crippen LogP contribution in [0.1, 0.15) is 51.1 Å². The molecule has 2 aliphatic rings. The molecule has 0 unspecified atom stereocenters. The third kappa shape index (κ3) is 3.37. The summed E-state index contributed by atoms with van der Waals surface area (Å²) in [6, 6.07) is 13.3. The van der Waals surface area contributed by atoms with Crippen molar-refractivity contribution in [3.63, 3.8) is 0 Å². The summed E-state index contributed by atoms with van der Waals surface area (Å²) in [5.41, 5.74) is 0.169. The molecule has 1 heterocycles. The van der Waals surface area contributed by atoms with Gasteiger partial charge in [0.1, 0.15) is 12.1 Å². The summed E-state index contributed by atoms with van der Waals surface area (Å²) >= 11 is 0. The molecular weight excluding hydrogens is 366 g/mol. The van der Waals surface area contributed by atoms with Gasteiger partial charge in [-0.15, -0.1) is 0 Å². The number of nitrogens with one attached hydrogen (secondary N) is 2. The molecule has 6 nitrogen and oxygen atoms in total. The molecule has 2 fully saturated rings. The van der Waals surface area contributed by atoms with E-state index in [9.17, 15) is 14.4 Å². The number of imide groups is 1. The van der Waals surface area contributed by atoms with Gasteiger partial charge in [0.15, 0.2) is 0 Å². The van der Waals surface area contributed by atoms with E-state index in [1.807, 2.05) is 56.3 Å². The second-order valence-corrected chi connectivity index (χ2v) is 8.30. The number of rotatable bonds is 4. The molecule has 1 aliphatic carbocycles. The average Bonchev–Trinajstić information content (AvgIpc) is 2.94. The van der Waals surface area contributed by atoms with E-state index in [-0.39, 0.29) is 30.3 Å². The number of hydrogen-bond donors (Lipinski definition) is 2. The van der Waals surface area contributed by atoms with Crippen molar-refractivity contribution < 1.29 is 14.4 Å². The minimum absolute atomic E-state index is 0.0790. The molecule has 2 aromatic rings. The fraction of sp³-hybridized carbons (Fsp3) is 0.435. The lowest BCUT2D eigenvalue weighted by atomic mass is 9.73. The third-order valence-corrected chi connectivity index (χ3v) is 6.47. The van der Waals surface area contributed by atoms with E-state index in [0.29, 0.717) is 6.42 Å². The van der Waals surface area contributed by atoms with Crippen molar-refractivity contribution in [3.8, 4) is 0 Å². The number of urea groups is 1. The lowest BCUT2D eigenvalue weighted by Crippen LogP contribution is -2.54. The molecule has 3 atom stereocenters. The van der Waals surface area contributed by atoms with Crippen LogP contribution in [0.4, 0.5) is 4.79 Å². The van der Waals surface area contributed by atoms with Crippen LogP contribution >= 0.6 is 0 Å². The molecule has 1 aliphatic heterocycles. The molecule has 1 saturated heterocycles. The van der Waals surface area contributed by atoms with Crippen molar-refractivity contribution in [2.45, 2.75) is 51.1 Å². The molecule has 2 aromatic carbocycles. The summed E-state index contributed by atoms with van der Waals surface area (Å²) < 4.78 is 0. The molecule has 4 amide bonds. The van der Waals surface area contributed by atoms with Crippen LogP contribution in [0.3, 0.4) is 0 Å². The van der Waals surface area contributed by atoms with Crippen molar-refractivity contribution in [1.82, 2.24) is 15.5 Å². The molecule has 1 spiro atoms. The van der Waals surface area contributed by atoms with Crippen LogP contribution in [0, 0.1) is 5.92 Å². The maximum Gasteiger partial charge on any atom is 0.325 e. The Balaban J connectivity index is 1.47. The minimum atomic E-state index is -0.836. The van der Waals surface area contributed by atoms with Gasteiger partial charge in [0, 0.05) is 0 Å². The van der Waals surface area contributed by atoms with Crippen molar-refractivity contribution in [2.24, 2.45) is 5.92 Å². The van der Waals surface area contributed by atoms with Crippen LogP contribution in [-0.4, -0.2) is 34.8 Å². The maximum atomic E-state index is 13.0. The summed E-state index contributed by atoms with van der Waals surface area (Å²) in [6.07, 6.45) is 3.52. The SMILES string of the molecule is C[C@H](NC(=O)CN1C(=O)N[C@]2(CCCC[C@@H]2C)C1=O)c1cccc2ccccc12. The van der Waals surface area contributed by atoms with Crippen LogP contribution in [0.2, 0.25) is 0 Å². The first-order valence-electron chi connectivity index (χ1n) is 10.3. The van der Waals surface area contributed by atoms with E-state index in [0.717, 1.165) is 40.5 Å². The minimum Gasteiger partial charge on any atom is -0.348 e. The highest BCUT2D eigenvalue weighted by Gasteiger charge is 2.55. The Labute approximate surface area is 170 Å². The molecule has 1 saturated carbocycles. The lowest BCUT2D eigenvalue weighted by Gasteiger charge is -2.36. The first kappa shape index (κ1) is 19.4. The monoisotopic (exact) mass is 393 g/mol. The van der Waals surface area contributed by atoms with Gasteiger partial charge >= 0.3 is 6.03 Å². The number of hydrogen-bond acceptors (Lipinski definition) is 3. The van der Waals surface area contributed by atoms with E-state index < -0.39 is 11.6 Å². The van der Waals surface area contributed by atoms with Crippen LogP contribution < -0.4 is 10.6 Å². The van der Waals surface area contributed by atoms with Crippen LogP contribution in [-0.2, 0) is 9.59 Å². The molecule has 152 valence electrons. The van der Waals surface area contributed by atoms with Gasteiger partial charge in [0.2, 0.25) is 5.91 Å². The van der Waals surface area contributed by atoms with Gasteiger partial charge in [0.05, 0.1) is 6.04 Å². The summed E-state index contributed by atoms with van der Waals surface area (Å²) in [6.45, 7) is 3.66. The normalized spacial score (nSPS) is 25.3. The van der Waals surface area contributed by atoms with E-state index in [1.165, 1.54) is 0 Å². The van der Waals surface area contributed by atoms with Gasteiger partial charge in [-0.2, -0.15) is 0 Å². The number of benzene rings is 2. The number of nitrogens with zero attached hydrogens (tertiary/aromatic N) is 1. The molecule has 0 radical (unpaired) electrons. The Morgan fingerprint density at radius 1 is 1.21 bits per heavy atom. The second-order valence-electron chi connectivity index (χ2n) is 8.30. The average molecular weight is 393 g/mol. The fourth-order valence-corrected chi connectivity index (χ4v) is 4.78. The third-order valence-electron chi connectivity index (χ3n) is 6.47. The maximum absolute atomic E-state index is 13.0. The van der Waals surface area contributed by atoms with Crippen molar-refractivity contribution in [3.05, 3.63) is 48.0 Å². The highest BCUT2D eigenvalue weighted by Crippen LogP contribution is 2.38. The van der Waals surface area contributed by atoms with E-state index in [4.69, 9.17) is 0 Å². The molecular formula is C23H27N3O3. The number of amides is 4. The molecule has 6 heteroatoms. The predicted octanol–water partition coefficient (Wildman–Crippen LogP) is 3.52. The Morgan fingerprint density at radius 3 is 2.76 bits per heavy atom. The highest BCUT2D eigenvalue weighted by atomic mass is 16.2. The van der Waals surface area contributed by atoms with Gasteiger partial charge < -0.3 is 10.6 Å². The Morgan fingerprint density at radius 2 is 1.97 bits per heavy atom. The van der Waals surface area contributed by atoms with E-state index in [2.05, 4.69) is 10.6 Å². The summed E-state index contributed by atoms with van der Waals surface area (Å²) in [4.78, 5) is 39.3. The van der Waals surface area contributed by atoms with Crippen LogP contribution in [0.25, 0.3) is 10.8 Å². The van der Waals surface area contributed by atoms with E-state index >= 15 is 0 Å². The van der Waals surface area contributed by atoms with Gasteiger partial charge in [-0.25, -0.2) is 4.79 Å². The van der Waals surface area contributed by atoms with Gasteiger partial charge in [0.25, 0.3) is 5.91 Å². The summed E-state index contributed by atoms with van der Waals surface area (Å²) in [7, 11) is 0. The van der Waals surface area contributed by atoms with Gasteiger partial charge in [-0.05, 0) is 42.0 Å². The number of carbonyl (C=O) groups is 3. The molecule has 2 N–H and O–H groups in total. The molecule has 4 rings (SSSR count). The largest absolute Gasteiger partial charge is 0.348 e.